The van der Waals surface area contributed by atoms with Crippen LogP contribution in [0.3, 0.4) is 0 Å². The maximum atomic E-state index is 13.4. The molecule has 5 N–H and O–H groups in total. The van der Waals surface area contributed by atoms with Crippen LogP contribution in [0.1, 0.15) is 45.2 Å². The number of β-lactam (4-membered cyclic amide) rings is 1. The summed E-state index contributed by atoms with van der Waals surface area (Å²) in [5.41, 5.74) is 11.6. The van der Waals surface area contributed by atoms with Gasteiger partial charge in [0.1, 0.15) is 11.6 Å². The third-order valence-electron chi connectivity index (χ3n) is 6.15. The topological polar surface area (TPSA) is 130 Å². The van der Waals surface area contributed by atoms with Gasteiger partial charge in [-0.15, -0.1) is 0 Å². The van der Waals surface area contributed by atoms with Crippen molar-refractivity contribution in [1.82, 2.24) is 9.80 Å². The van der Waals surface area contributed by atoms with E-state index < -0.39 is 47.5 Å². The third-order valence-corrected chi connectivity index (χ3v) is 6.15. The average molecular weight is 402 g/mol. The number of amides is 3. The molecule has 2 aliphatic rings. The minimum atomic E-state index is -1.17. The Morgan fingerprint density at radius 2 is 1.72 bits per heavy atom. The summed E-state index contributed by atoms with van der Waals surface area (Å²) in [5.74, 6) is -1.47. The van der Waals surface area contributed by atoms with Crippen molar-refractivity contribution >= 4 is 17.7 Å². The summed E-state index contributed by atoms with van der Waals surface area (Å²) in [7, 11) is 0. The van der Waals surface area contributed by atoms with Crippen molar-refractivity contribution in [3.63, 3.8) is 0 Å². The van der Waals surface area contributed by atoms with Gasteiger partial charge in [-0.05, 0) is 31.2 Å². The van der Waals surface area contributed by atoms with E-state index in [1.165, 1.54) is 16.7 Å². The first-order valence-electron chi connectivity index (χ1n) is 10.1. The molecule has 2 aliphatic heterocycles. The van der Waals surface area contributed by atoms with Crippen LogP contribution in [-0.4, -0.2) is 62.9 Å². The maximum absolute atomic E-state index is 13.4. The Morgan fingerprint density at radius 3 is 2.28 bits per heavy atom. The van der Waals surface area contributed by atoms with E-state index in [0.29, 0.717) is 19.4 Å². The molecule has 2 heterocycles. The number of nitrogens with two attached hydrogens (primary N) is 2. The minimum absolute atomic E-state index is 0.131. The molecule has 2 saturated heterocycles. The smallest absolute Gasteiger partial charge is 0.258 e. The highest BCUT2D eigenvalue weighted by atomic mass is 16.3. The molecular formula is C21H30N4O4. The molecule has 1 spiro atoms. The summed E-state index contributed by atoms with van der Waals surface area (Å²) in [5, 5.41) is 9.80. The van der Waals surface area contributed by atoms with Gasteiger partial charge in [-0.3, -0.25) is 19.3 Å². The van der Waals surface area contributed by atoms with Crippen LogP contribution < -0.4 is 11.5 Å². The maximum Gasteiger partial charge on any atom is 0.258 e. The molecule has 5 unspecified atom stereocenters. The van der Waals surface area contributed by atoms with Crippen molar-refractivity contribution in [2.24, 2.45) is 17.4 Å². The zero-order chi connectivity index (χ0) is 21.5. The largest absolute Gasteiger partial charge is 0.391 e. The van der Waals surface area contributed by atoms with E-state index in [-0.39, 0.29) is 5.92 Å². The van der Waals surface area contributed by atoms with Crippen molar-refractivity contribution < 1.29 is 19.5 Å². The molecule has 1 aromatic rings. The molecule has 3 amide bonds. The summed E-state index contributed by atoms with van der Waals surface area (Å²) >= 11 is 0. The van der Waals surface area contributed by atoms with Crippen molar-refractivity contribution in [2.75, 3.05) is 6.54 Å². The fourth-order valence-electron chi connectivity index (χ4n) is 4.36. The van der Waals surface area contributed by atoms with E-state index in [9.17, 15) is 19.5 Å². The number of imide groups is 1. The first-order chi connectivity index (χ1) is 13.6. The van der Waals surface area contributed by atoms with Gasteiger partial charge in [-0.2, -0.15) is 0 Å². The van der Waals surface area contributed by atoms with Gasteiger partial charge in [0.25, 0.3) is 5.91 Å². The molecule has 2 fully saturated rings. The molecule has 0 aliphatic carbocycles. The molecule has 1 aromatic carbocycles. The Balaban J connectivity index is 2.04. The summed E-state index contributed by atoms with van der Waals surface area (Å²) in [6.07, 6.45) is 0.00767. The fourth-order valence-corrected chi connectivity index (χ4v) is 4.36. The average Bonchev–Trinajstić information content (AvgIpc) is 3.17. The van der Waals surface area contributed by atoms with Crippen LogP contribution in [0.5, 0.6) is 0 Å². The summed E-state index contributed by atoms with van der Waals surface area (Å²) in [6, 6.07) is 6.64. The normalized spacial score (nSPS) is 27.1. The molecule has 158 valence electrons. The highest BCUT2D eigenvalue weighted by molar-refractivity contribution is 6.10. The first-order valence-corrected chi connectivity index (χ1v) is 10.1. The summed E-state index contributed by atoms with van der Waals surface area (Å²) in [6.45, 7) is 5.45. The standard InChI is InChI=1S/C21H30N4O4/c1-12(2)15(22)19(28)25-17(14-8-5-4-6-9-14)21(20(25)29)10-7-11-24(21)18(27)16(23)13(3)26/h4-6,8-9,12-13,15-17,26H,7,10-11,22-23H2,1-3H3. The van der Waals surface area contributed by atoms with E-state index in [1.54, 1.807) is 0 Å². The number of hydrogen-bond acceptors (Lipinski definition) is 6. The fraction of sp³-hybridized carbons (Fsp3) is 0.571. The second kappa shape index (κ2) is 7.85. The lowest BCUT2D eigenvalue weighted by Gasteiger charge is -2.57. The lowest BCUT2D eigenvalue weighted by Crippen LogP contribution is -2.77. The monoisotopic (exact) mass is 402 g/mol. The Morgan fingerprint density at radius 1 is 1.10 bits per heavy atom. The van der Waals surface area contributed by atoms with Crippen LogP contribution in [0.25, 0.3) is 0 Å². The highest BCUT2D eigenvalue weighted by Crippen LogP contribution is 2.53. The number of hydrogen-bond donors (Lipinski definition) is 3. The van der Waals surface area contributed by atoms with Crippen LogP contribution in [-0.2, 0) is 14.4 Å². The van der Waals surface area contributed by atoms with Gasteiger partial charge in [0.05, 0.1) is 18.2 Å². The molecule has 0 radical (unpaired) electrons. The number of carbonyl (C=O) groups excluding carboxylic acids is 3. The van der Waals surface area contributed by atoms with Crippen molar-refractivity contribution in [3.8, 4) is 0 Å². The van der Waals surface area contributed by atoms with Crippen molar-refractivity contribution in [1.29, 1.82) is 0 Å². The van der Waals surface area contributed by atoms with Gasteiger partial charge in [0, 0.05) is 6.54 Å². The van der Waals surface area contributed by atoms with Gasteiger partial charge in [-0.1, -0.05) is 44.2 Å². The predicted octanol–water partition coefficient (Wildman–Crippen LogP) is 0.149. The molecule has 8 heteroatoms. The lowest BCUT2D eigenvalue weighted by atomic mass is 9.72. The first kappa shape index (κ1) is 21.4. The van der Waals surface area contributed by atoms with Gasteiger partial charge >= 0.3 is 0 Å². The van der Waals surface area contributed by atoms with Gasteiger partial charge in [-0.25, -0.2) is 0 Å². The van der Waals surface area contributed by atoms with Crippen LogP contribution in [0.2, 0.25) is 0 Å². The van der Waals surface area contributed by atoms with Gasteiger partial charge < -0.3 is 21.5 Å². The molecule has 8 nitrogen and oxygen atoms in total. The van der Waals surface area contributed by atoms with Crippen LogP contribution in [0, 0.1) is 5.92 Å². The zero-order valence-electron chi connectivity index (χ0n) is 17.1. The van der Waals surface area contributed by atoms with Crippen LogP contribution in [0.4, 0.5) is 0 Å². The Labute approximate surface area is 170 Å². The number of aliphatic hydroxyl groups excluding tert-OH is 1. The third kappa shape index (κ3) is 3.25. The lowest BCUT2D eigenvalue weighted by molar-refractivity contribution is -0.186. The molecular weight excluding hydrogens is 372 g/mol. The molecule has 0 saturated carbocycles. The Bertz CT molecular complexity index is 797. The van der Waals surface area contributed by atoms with E-state index in [4.69, 9.17) is 11.5 Å². The van der Waals surface area contributed by atoms with Gasteiger partial charge in [0.2, 0.25) is 11.8 Å². The number of nitrogens with zero attached hydrogens (tertiary/aromatic N) is 2. The van der Waals surface area contributed by atoms with Crippen molar-refractivity contribution in [2.45, 2.75) is 63.4 Å². The quantitative estimate of drug-likeness (QED) is 0.601. The second-order valence-corrected chi connectivity index (χ2v) is 8.38. The second-order valence-electron chi connectivity index (χ2n) is 8.38. The summed E-state index contributed by atoms with van der Waals surface area (Å²) in [4.78, 5) is 42.1. The number of likely N-dealkylation sites (tertiary alicyclic amines) is 2. The van der Waals surface area contributed by atoms with Crippen LogP contribution >= 0.6 is 0 Å². The van der Waals surface area contributed by atoms with E-state index in [0.717, 1.165) is 5.56 Å². The highest BCUT2D eigenvalue weighted by Gasteiger charge is 2.69. The van der Waals surface area contributed by atoms with Crippen molar-refractivity contribution in [3.05, 3.63) is 35.9 Å². The van der Waals surface area contributed by atoms with Crippen LogP contribution in [0.15, 0.2) is 30.3 Å². The van der Waals surface area contributed by atoms with E-state index >= 15 is 0 Å². The number of carbonyl (C=O) groups is 3. The number of benzene rings is 1. The molecule has 0 bridgehead atoms. The van der Waals surface area contributed by atoms with Gasteiger partial charge in [0.15, 0.2) is 0 Å². The predicted molar refractivity (Wildman–Crippen MR) is 107 cm³/mol. The van der Waals surface area contributed by atoms with E-state index in [1.807, 2.05) is 44.2 Å². The molecule has 3 rings (SSSR count). The summed E-state index contributed by atoms with van der Waals surface area (Å²) < 4.78 is 0. The SMILES string of the molecule is CC(C)C(N)C(=O)N1C(=O)C2(CCCN2C(=O)C(N)C(C)O)C1c1ccccc1. The van der Waals surface area contributed by atoms with E-state index in [2.05, 4.69) is 0 Å². The minimum Gasteiger partial charge on any atom is -0.391 e. The molecule has 0 aromatic heterocycles. The number of aliphatic hydroxyl groups is 1. The zero-order valence-corrected chi connectivity index (χ0v) is 17.1. The Hall–Kier alpha value is -2.29. The molecule has 5 atom stereocenters. The number of rotatable bonds is 5. The molecule has 29 heavy (non-hydrogen) atoms. The Kier molecular flexibility index (Phi) is 5.80.